The van der Waals surface area contributed by atoms with Gasteiger partial charge in [-0.05, 0) is 59.0 Å². The Hall–Kier alpha value is -4.22. The molecule has 0 aliphatic carbocycles. The average Bonchev–Trinajstić information content (AvgIpc) is 3.30. The van der Waals surface area contributed by atoms with E-state index in [0.717, 1.165) is 21.2 Å². The minimum atomic E-state index is -0.206. The molecular weight excluding hydrogens is 428 g/mol. The van der Waals surface area contributed by atoms with E-state index in [2.05, 4.69) is 10.6 Å². The summed E-state index contributed by atoms with van der Waals surface area (Å²) in [5.41, 5.74) is 3.95. The van der Waals surface area contributed by atoms with Crippen molar-refractivity contribution in [1.29, 1.82) is 0 Å². The molecule has 1 aromatic heterocycles. The third kappa shape index (κ3) is 4.68. The van der Waals surface area contributed by atoms with Crippen molar-refractivity contribution < 1.29 is 9.59 Å². The zero-order valence-electron chi connectivity index (χ0n) is 17.6. The van der Waals surface area contributed by atoms with Crippen LogP contribution < -0.4 is 10.6 Å². The van der Waals surface area contributed by atoms with Crippen molar-refractivity contribution in [2.24, 2.45) is 0 Å². The number of benzene rings is 4. The molecule has 4 nitrogen and oxygen atoms in total. The summed E-state index contributed by atoms with van der Waals surface area (Å²) in [7, 11) is 0. The molecule has 0 saturated heterocycles. The predicted molar refractivity (Wildman–Crippen MR) is 136 cm³/mol. The molecule has 0 unspecified atom stereocenters. The molecule has 2 amide bonds. The molecule has 0 radical (unpaired) electrons. The van der Waals surface area contributed by atoms with Crippen LogP contribution in [0.4, 0.5) is 11.4 Å². The van der Waals surface area contributed by atoms with Crippen LogP contribution in [0, 0.1) is 0 Å². The maximum Gasteiger partial charge on any atom is 0.265 e. The van der Waals surface area contributed by atoms with E-state index >= 15 is 0 Å². The molecule has 0 spiro atoms. The Kier molecular flexibility index (Phi) is 5.70. The van der Waals surface area contributed by atoms with Crippen molar-refractivity contribution in [2.45, 2.75) is 0 Å². The Morgan fingerprint density at radius 1 is 0.576 bits per heavy atom. The number of nitrogens with one attached hydrogen (secondary N) is 2. The van der Waals surface area contributed by atoms with Crippen LogP contribution in [-0.4, -0.2) is 11.8 Å². The van der Waals surface area contributed by atoms with Crippen LogP contribution in [-0.2, 0) is 0 Å². The first-order valence-corrected chi connectivity index (χ1v) is 11.3. The smallest absolute Gasteiger partial charge is 0.265 e. The van der Waals surface area contributed by atoms with E-state index in [1.54, 1.807) is 24.3 Å². The summed E-state index contributed by atoms with van der Waals surface area (Å²) in [6, 6.07) is 34.5. The first kappa shape index (κ1) is 20.7. The lowest BCUT2D eigenvalue weighted by molar-refractivity contribution is 0.102. The lowest BCUT2D eigenvalue weighted by atomic mass is 10.0. The highest BCUT2D eigenvalue weighted by atomic mass is 32.1. The van der Waals surface area contributed by atoms with Crippen molar-refractivity contribution in [3.8, 4) is 11.1 Å². The Morgan fingerprint density at radius 2 is 1.21 bits per heavy atom. The minimum Gasteiger partial charge on any atom is -0.322 e. The Morgan fingerprint density at radius 3 is 1.94 bits per heavy atom. The zero-order chi connectivity index (χ0) is 22.6. The number of anilines is 2. The molecule has 4 aromatic carbocycles. The second kappa shape index (κ2) is 9.10. The van der Waals surface area contributed by atoms with Gasteiger partial charge >= 0.3 is 0 Å². The number of hydrogen-bond acceptors (Lipinski definition) is 3. The molecule has 160 valence electrons. The SMILES string of the molecule is O=C(Nc1cccc(NC(=O)c2cc3ccccc3s2)c1)c1ccc(-c2ccccc2)cc1. The summed E-state index contributed by atoms with van der Waals surface area (Å²) >= 11 is 1.45. The number of fused-ring (bicyclic) bond motifs is 1. The fraction of sp³-hybridized carbons (Fsp3) is 0. The standard InChI is InChI=1S/C28H20N2O2S/c31-27(21-15-13-20(14-16-21)19-7-2-1-3-8-19)29-23-10-6-11-24(18-23)30-28(32)26-17-22-9-4-5-12-25(22)33-26/h1-18H,(H,29,31)(H,30,32). The van der Waals surface area contributed by atoms with Gasteiger partial charge in [0.2, 0.25) is 0 Å². The van der Waals surface area contributed by atoms with E-state index in [1.807, 2.05) is 84.9 Å². The monoisotopic (exact) mass is 448 g/mol. The molecule has 5 aromatic rings. The van der Waals surface area contributed by atoms with Gasteiger partial charge in [-0.1, -0.05) is 66.7 Å². The van der Waals surface area contributed by atoms with E-state index in [9.17, 15) is 9.59 Å². The molecule has 33 heavy (non-hydrogen) atoms. The van der Waals surface area contributed by atoms with E-state index in [1.165, 1.54) is 11.3 Å². The van der Waals surface area contributed by atoms with E-state index in [-0.39, 0.29) is 11.8 Å². The number of amides is 2. The van der Waals surface area contributed by atoms with Gasteiger partial charge in [0, 0.05) is 21.6 Å². The van der Waals surface area contributed by atoms with Crippen molar-refractivity contribution in [3.63, 3.8) is 0 Å². The molecule has 5 rings (SSSR count). The summed E-state index contributed by atoms with van der Waals surface area (Å²) in [4.78, 5) is 26.1. The summed E-state index contributed by atoms with van der Waals surface area (Å²) in [6.07, 6.45) is 0. The predicted octanol–water partition coefficient (Wildman–Crippen LogP) is 7.07. The van der Waals surface area contributed by atoms with Gasteiger partial charge in [-0.2, -0.15) is 0 Å². The quantitative estimate of drug-likeness (QED) is 0.302. The molecule has 1 heterocycles. The number of rotatable bonds is 5. The second-order valence-corrected chi connectivity index (χ2v) is 8.66. The normalized spacial score (nSPS) is 10.7. The fourth-order valence-electron chi connectivity index (χ4n) is 3.61. The highest BCUT2D eigenvalue weighted by Crippen LogP contribution is 2.26. The van der Waals surface area contributed by atoms with Gasteiger partial charge in [0.15, 0.2) is 0 Å². The Labute approximate surface area is 195 Å². The van der Waals surface area contributed by atoms with E-state index in [4.69, 9.17) is 0 Å². The summed E-state index contributed by atoms with van der Waals surface area (Å²) < 4.78 is 1.07. The van der Waals surface area contributed by atoms with Gasteiger partial charge in [0.1, 0.15) is 0 Å². The maximum absolute atomic E-state index is 12.7. The van der Waals surface area contributed by atoms with Crippen molar-refractivity contribution >= 4 is 44.6 Å². The van der Waals surface area contributed by atoms with Gasteiger partial charge in [0.05, 0.1) is 4.88 Å². The van der Waals surface area contributed by atoms with Gasteiger partial charge in [0.25, 0.3) is 11.8 Å². The molecular formula is C28H20N2O2S. The average molecular weight is 449 g/mol. The van der Waals surface area contributed by atoms with Crippen LogP contribution in [0.25, 0.3) is 21.2 Å². The summed E-state index contributed by atoms with van der Waals surface area (Å²) in [5.74, 6) is -0.376. The van der Waals surface area contributed by atoms with Crippen LogP contribution in [0.2, 0.25) is 0 Å². The molecule has 0 fully saturated rings. The van der Waals surface area contributed by atoms with Crippen molar-refractivity contribution in [1.82, 2.24) is 0 Å². The van der Waals surface area contributed by atoms with Gasteiger partial charge < -0.3 is 10.6 Å². The van der Waals surface area contributed by atoms with Crippen LogP contribution in [0.15, 0.2) is 109 Å². The third-order valence-electron chi connectivity index (χ3n) is 5.28. The summed E-state index contributed by atoms with van der Waals surface area (Å²) in [6.45, 7) is 0. The lowest BCUT2D eigenvalue weighted by Gasteiger charge is -2.09. The first-order valence-electron chi connectivity index (χ1n) is 10.5. The first-order chi connectivity index (χ1) is 16.2. The molecule has 2 N–H and O–H groups in total. The topological polar surface area (TPSA) is 58.2 Å². The highest BCUT2D eigenvalue weighted by molar-refractivity contribution is 7.20. The van der Waals surface area contributed by atoms with Crippen LogP contribution in [0.3, 0.4) is 0 Å². The zero-order valence-corrected chi connectivity index (χ0v) is 18.4. The van der Waals surface area contributed by atoms with Crippen molar-refractivity contribution in [2.75, 3.05) is 10.6 Å². The molecule has 5 heteroatoms. The molecule has 0 aliphatic heterocycles. The number of carbonyl (C=O) groups is 2. The van der Waals surface area contributed by atoms with Crippen LogP contribution >= 0.6 is 11.3 Å². The van der Waals surface area contributed by atoms with Gasteiger partial charge in [-0.3, -0.25) is 9.59 Å². The van der Waals surface area contributed by atoms with E-state index in [0.29, 0.717) is 21.8 Å². The molecule has 0 bridgehead atoms. The fourth-order valence-corrected chi connectivity index (χ4v) is 4.57. The maximum atomic E-state index is 12.7. The lowest BCUT2D eigenvalue weighted by Crippen LogP contribution is -2.13. The van der Waals surface area contributed by atoms with Crippen LogP contribution in [0.1, 0.15) is 20.0 Å². The Bertz CT molecular complexity index is 1410. The molecule has 0 saturated carbocycles. The molecule has 0 aliphatic rings. The minimum absolute atomic E-state index is 0.170. The number of carbonyl (C=O) groups excluding carboxylic acids is 2. The highest BCUT2D eigenvalue weighted by Gasteiger charge is 2.12. The third-order valence-corrected chi connectivity index (χ3v) is 6.40. The Balaban J connectivity index is 1.27. The number of thiophene rings is 1. The second-order valence-electron chi connectivity index (χ2n) is 7.58. The van der Waals surface area contributed by atoms with Gasteiger partial charge in [-0.15, -0.1) is 11.3 Å². The largest absolute Gasteiger partial charge is 0.322 e. The van der Waals surface area contributed by atoms with Crippen molar-refractivity contribution in [3.05, 3.63) is 120 Å². The summed E-state index contributed by atoms with van der Waals surface area (Å²) in [5, 5.41) is 6.87. The van der Waals surface area contributed by atoms with E-state index < -0.39 is 0 Å². The van der Waals surface area contributed by atoms with Gasteiger partial charge in [-0.25, -0.2) is 0 Å². The number of hydrogen-bond donors (Lipinski definition) is 2. The molecule has 0 atom stereocenters. The van der Waals surface area contributed by atoms with Crippen LogP contribution in [0.5, 0.6) is 0 Å².